The van der Waals surface area contributed by atoms with Crippen LogP contribution in [0.4, 0.5) is 0 Å². The number of guanidine groups is 1. The van der Waals surface area contributed by atoms with Crippen molar-refractivity contribution in [2.75, 3.05) is 46.4 Å². The van der Waals surface area contributed by atoms with Gasteiger partial charge in [0.05, 0.1) is 24.6 Å². The van der Waals surface area contributed by atoms with E-state index < -0.39 is 0 Å². The van der Waals surface area contributed by atoms with Gasteiger partial charge < -0.3 is 15.4 Å². The standard InChI is InChI=1S/C24H38N6O/c1-19(2)23(29-13-15-31-16-14-29)17-27-24(25-4)26-12-8-9-21-18-30(28-20(21)3)22-10-6-5-7-11-22/h5-7,10-11,18-19,23H,8-9,12-17H2,1-4H3,(H2,25,26,27). The number of aryl methyl sites for hydroxylation is 2. The predicted octanol–water partition coefficient (Wildman–Crippen LogP) is 2.64. The Morgan fingerprint density at radius 1 is 1.16 bits per heavy atom. The number of nitrogens with one attached hydrogen (secondary N) is 2. The van der Waals surface area contributed by atoms with E-state index in [4.69, 9.17) is 4.74 Å². The van der Waals surface area contributed by atoms with E-state index in [-0.39, 0.29) is 0 Å². The molecule has 31 heavy (non-hydrogen) atoms. The first-order chi connectivity index (χ1) is 15.1. The van der Waals surface area contributed by atoms with Gasteiger partial charge in [0, 0.05) is 45.5 Å². The number of morpholine rings is 1. The van der Waals surface area contributed by atoms with Gasteiger partial charge in [-0.3, -0.25) is 9.89 Å². The summed E-state index contributed by atoms with van der Waals surface area (Å²) in [6.07, 6.45) is 4.16. The molecule has 7 nitrogen and oxygen atoms in total. The number of ether oxygens (including phenoxy) is 1. The van der Waals surface area contributed by atoms with Crippen LogP contribution < -0.4 is 10.6 Å². The van der Waals surface area contributed by atoms with Crippen molar-refractivity contribution in [2.45, 2.75) is 39.7 Å². The van der Waals surface area contributed by atoms with Crippen LogP contribution in [0, 0.1) is 12.8 Å². The molecule has 2 heterocycles. The molecule has 1 aliphatic heterocycles. The van der Waals surface area contributed by atoms with Crippen LogP contribution in [0.5, 0.6) is 0 Å². The Bertz CT molecular complexity index is 811. The molecule has 170 valence electrons. The fourth-order valence-electron chi connectivity index (χ4n) is 4.06. The average molecular weight is 427 g/mol. The van der Waals surface area contributed by atoms with E-state index in [2.05, 4.69) is 64.7 Å². The van der Waals surface area contributed by atoms with Gasteiger partial charge in [-0.1, -0.05) is 32.0 Å². The van der Waals surface area contributed by atoms with Crippen LogP contribution in [-0.4, -0.2) is 73.1 Å². The van der Waals surface area contributed by atoms with Gasteiger partial charge >= 0.3 is 0 Å². The lowest BCUT2D eigenvalue weighted by Crippen LogP contribution is -2.52. The highest BCUT2D eigenvalue weighted by Gasteiger charge is 2.23. The molecule has 2 N–H and O–H groups in total. The highest BCUT2D eigenvalue weighted by Crippen LogP contribution is 2.14. The SMILES string of the molecule is CN=C(NCCCc1cn(-c2ccccc2)nc1C)NCC(C(C)C)N1CCOCC1. The molecule has 0 bridgehead atoms. The van der Waals surface area contributed by atoms with Gasteiger partial charge in [0.2, 0.25) is 0 Å². The van der Waals surface area contributed by atoms with Gasteiger partial charge in [0.1, 0.15) is 0 Å². The van der Waals surface area contributed by atoms with Gasteiger partial charge in [-0.15, -0.1) is 0 Å². The summed E-state index contributed by atoms with van der Waals surface area (Å²) >= 11 is 0. The Morgan fingerprint density at radius 2 is 1.90 bits per heavy atom. The molecule has 1 aliphatic rings. The topological polar surface area (TPSA) is 66.7 Å². The number of benzene rings is 1. The van der Waals surface area contributed by atoms with Crippen LogP contribution >= 0.6 is 0 Å². The predicted molar refractivity (Wildman–Crippen MR) is 127 cm³/mol. The van der Waals surface area contributed by atoms with Crippen LogP contribution in [0.25, 0.3) is 5.69 Å². The summed E-state index contributed by atoms with van der Waals surface area (Å²) in [5.41, 5.74) is 3.48. The lowest BCUT2D eigenvalue weighted by Gasteiger charge is -2.37. The first-order valence-corrected chi connectivity index (χ1v) is 11.5. The maximum Gasteiger partial charge on any atom is 0.191 e. The molecule has 1 fully saturated rings. The van der Waals surface area contributed by atoms with Crippen molar-refractivity contribution in [3.8, 4) is 5.69 Å². The highest BCUT2D eigenvalue weighted by molar-refractivity contribution is 5.79. The van der Waals surface area contributed by atoms with Crippen molar-refractivity contribution >= 4 is 5.96 Å². The van der Waals surface area contributed by atoms with Crippen molar-refractivity contribution in [3.05, 3.63) is 47.8 Å². The molecular formula is C24H38N6O. The average Bonchev–Trinajstić information content (AvgIpc) is 3.17. The minimum atomic E-state index is 0.480. The largest absolute Gasteiger partial charge is 0.379 e. The van der Waals surface area contributed by atoms with Crippen molar-refractivity contribution in [1.29, 1.82) is 0 Å². The molecule has 0 amide bonds. The van der Waals surface area contributed by atoms with E-state index in [0.29, 0.717) is 12.0 Å². The zero-order valence-electron chi connectivity index (χ0n) is 19.5. The third-order valence-corrected chi connectivity index (χ3v) is 5.92. The zero-order chi connectivity index (χ0) is 22.1. The van der Waals surface area contributed by atoms with Gasteiger partial charge in [-0.05, 0) is 43.4 Å². The van der Waals surface area contributed by atoms with Gasteiger partial charge in [0.25, 0.3) is 0 Å². The van der Waals surface area contributed by atoms with E-state index in [1.165, 1.54) is 5.56 Å². The summed E-state index contributed by atoms with van der Waals surface area (Å²) < 4.78 is 7.48. The minimum absolute atomic E-state index is 0.480. The molecule has 7 heteroatoms. The third kappa shape index (κ3) is 6.80. The second-order valence-corrected chi connectivity index (χ2v) is 8.46. The summed E-state index contributed by atoms with van der Waals surface area (Å²) in [6, 6.07) is 10.7. The molecule has 1 unspecified atom stereocenters. The number of aromatic nitrogens is 2. The van der Waals surface area contributed by atoms with E-state index in [1.807, 2.05) is 29.9 Å². The second-order valence-electron chi connectivity index (χ2n) is 8.46. The van der Waals surface area contributed by atoms with Crippen LogP contribution in [-0.2, 0) is 11.2 Å². The molecule has 1 atom stereocenters. The quantitative estimate of drug-likeness (QED) is 0.367. The monoisotopic (exact) mass is 426 g/mol. The number of hydrogen-bond donors (Lipinski definition) is 2. The van der Waals surface area contributed by atoms with Crippen molar-refractivity contribution in [1.82, 2.24) is 25.3 Å². The van der Waals surface area contributed by atoms with Crippen LogP contribution in [0.1, 0.15) is 31.5 Å². The Balaban J connectivity index is 1.43. The van der Waals surface area contributed by atoms with Crippen LogP contribution in [0.15, 0.2) is 41.5 Å². The minimum Gasteiger partial charge on any atom is -0.379 e. The van der Waals surface area contributed by atoms with Crippen molar-refractivity contribution in [3.63, 3.8) is 0 Å². The number of hydrogen-bond acceptors (Lipinski definition) is 4. The van der Waals surface area contributed by atoms with E-state index in [1.54, 1.807) is 0 Å². The second kappa shape index (κ2) is 11.9. The van der Waals surface area contributed by atoms with Gasteiger partial charge in [-0.25, -0.2) is 4.68 Å². The molecule has 0 spiro atoms. The van der Waals surface area contributed by atoms with Crippen molar-refractivity contribution < 1.29 is 4.74 Å². The zero-order valence-corrected chi connectivity index (χ0v) is 19.5. The third-order valence-electron chi connectivity index (χ3n) is 5.92. The Labute approximate surface area is 186 Å². The Morgan fingerprint density at radius 3 is 2.58 bits per heavy atom. The summed E-state index contributed by atoms with van der Waals surface area (Å²) in [6.45, 7) is 12.1. The van der Waals surface area contributed by atoms with Crippen LogP contribution in [0.2, 0.25) is 0 Å². The molecular weight excluding hydrogens is 388 g/mol. The Hall–Kier alpha value is -2.38. The molecule has 3 rings (SSSR count). The molecule has 0 radical (unpaired) electrons. The number of para-hydroxylation sites is 1. The molecule has 2 aromatic rings. The van der Waals surface area contributed by atoms with Gasteiger partial charge in [0.15, 0.2) is 5.96 Å². The summed E-state index contributed by atoms with van der Waals surface area (Å²) in [5, 5.41) is 11.7. The number of aliphatic imine (C=N–C) groups is 1. The van der Waals surface area contributed by atoms with Crippen LogP contribution in [0.3, 0.4) is 0 Å². The lowest BCUT2D eigenvalue weighted by atomic mass is 10.0. The lowest BCUT2D eigenvalue weighted by molar-refractivity contribution is 0.00752. The molecule has 0 aliphatic carbocycles. The summed E-state index contributed by atoms with van der Waals surface area (Å²) in [4.78, 5) is 6.93. The molecule has 1 aromatic heterocycles. The summed E-state index contributed by atoms with van der Waals surface area (Å²) in [7, 11) is 1.84. The molecule has 1 saturated heterocycles. The van der Waals surface area contributed by atoms with E-state index in [0.717, 1.165) is 69.6 Å². The highest BCUT2D eigenvalue weighted by atomic mass is 16.5. The first kappa shape index (κ1) is 23.3. The normalized spacial score (nSPS) is 16.5. The van der Waals surface area contributed by atoms with E-state index >= 15 is 0 Å². The maximum atomic E-state index is 5.51. The first-order valence-electron chi connectivity index (χ1n) is 11.5. The fourth-order valence-corrected chi connectivity index (χ4v) is 4.06. The smallest absolute Gasteiger partial charge is 0.191 e. The molecule has 1 aromatic carbocycles. The maximum absolute atomic E-state index is 5.51. The van der Waals surface area contributed by atoms with Gasteiger partial charge in [-0.2, -0.15) is 5.10 Å². The van der Waals surface area contributed by atoms with Crippen molar-refractivity contribution in [2.24, 2.45) is 10.9 Å². The molecule has 0 saturated carbocycles. The Kier molecular flexibility index (Phi) is 8.91. The van der Waals surface area contributed by atoms with E-state index in [9.17, 15) is 0 Å². The number of rotatable bonds is 9. The number of nitrogens with zero attached hydrogens (tertiary/aromatic N) is 4. The summed E-state index contributed by atoms with van der Waals surface area (Å²) in [5.74, 6) is 1.45. The fraction of sp³-hybridized carbons (Fsp3) is 0.583.